The van der Waals surface area contributed by atoms with Crippen LogP contribution in [-0.4, -0.2) is 18.8 Å². The van der Waals surface area contributed by atoms with Crippen molar-refractivity contribution < 1.29 is 22.7 Å². The summed E-state index contributed by atoms with van der Waals surface area (Å²) in [5.41, 5.74) is 0.984. The first-order chi connectivity index (χ1) is 8.47. The van der Waals surface area contributed by atoms with Gasteiger partial charge in [-0.05, 0) is 24.3 Å². The van der Waals surface area contributed by atoms with Crippen molar-refractivity contribution in [3.63, 3.8) is 0 Å². The molecule has 98 valence electrons. The summed E-state index contributed by atoms with van der Waals surface area (Å²) in [6.45, 7) is -1.50. The van der Waals surface area contributed by atoms with Gasteiger partial charge in [-0.1, -0.05) is 30.3 Å². The molecule has 0 saturated heterocycles. The van der Waals surface area contributed by atoms with Gasteiger partial charge in [-0.2, -0.15) is 13.2 Å². The molecule has 0 radical (unpaired) electrons. The molecule has 0 spiro atoms. The summed E-state index contributed by atoms with van der Waals surface area (Å²) in [6, 6.07) is 9.33. The van der Waals surface area contributed by atoms with Gasteiger partial charge in [0.2, 0.25) is 0 Å². The zero-order valence-electron chi connectivity index (χ0n) is 9.61. The van der Waals surface area contributed by atoms with E-state index in [0.29, 0.717) is 6.42 Å². The summed E-state index contributed by atoms with van der Waals surface area (Å²) < 4.78 is 40.1. The number of carbonyl (C=O) groups is 1. The number of hydrogen-bond acceptors (Lipinski definition) is 2. The lowest BCUT2D eigenvalue weighted by Crippen LogP contribution is -2.34. The molecule has 1 aromatic rings. The molecule has 1 aliphatic carbocycles. The summed E-state index contributed by atoms with van der Waals surface area (Å²) in [7, 11) is 0. The molecule has 1 aliphatic rings. The Morgan fingerprint density at radius 3 is 2.39 bits per heavy atom. The molecule has 0 heterocycles. The number of hydrogen-bond donors (Lipinski definition) is 0. The highest BCUT2D eigenvalue weighted by atomic mass is 19.4. The summed E-state index contributed by atoms with van der Waals surface area (Å²) in [5.74, 6) is -1.19. The normalized spacial score (nSPS) is 23.3. The summed E-state index contributed by atoms with van der Waals surface area (Å²) in [5, 5.41) is 0. The van der Waals surface area contributed by atoms with E-state index in [-0.39, 0.29) is 5.92 Å². The molecule has 2 nitrogen and oxygen atoms in total. The molecular weight excluding hydrogens is 245 g/mol. The summed E-state index contributed by atoms with van der Waals surface area (Å²) in [4.78, 5) is 11.5. The predicted molar refractivity (Wildman–Crippen MR) is 58.9 cm³/mol. The number of halogens is 3. The van der Waals surface area contributed by atoms with Gasteiger partial charge in [0, 0.05) is 0 Å². The Bertz CT molecular complexity index is 414. The zero-order chi connectivity index (χ0) is 13.2. The van der Waals surface area contributed by atoms with Crippen molar-refractivity contribution in [2.75, 3.05) is 6.61 Å². The van der Waals surface area contributed by atoms with Crippen LogP contribution in [0.4, 0.5) is 13.2 Å². The number of alkyl halides is 3. The van der Waals surface area contributed by atoms with Crippen LogP contribution < -0.4 is 0 Å². The monoisotopic (exact) mass is 258 g/mol. The maximum atomic E-state index is 11.9. The quantitative estimate of drug-likeness (QED) is 0.778. The van der Waals surface area contributed by atoms with Crippen LogP contribution in [0, 0.1) is 5.92 Å². The minimum atomic E-state index is -4.46. The third-order valence-corrected chi connectivity index (χ3v) is 3.18. The van der Waals surface area contributed by atoms with E-state index in [1.54, 1.807) is 0 Å². The van der Waals surface area contributed by atoms with Gasteiger partial charge in [0.15, 0.2) is 6.61 Å². The van der Waals surface area contributed by atoms with E-state index >= 15 is 0 Å². The van der Waals surface area contributed by atoms with Crippen LogP contribution in [0.3, 0.4) is 0 Å². The van der Waals surface area contributed by atoms with Crippen molar-refractivity contribution >= 4 is 5.97 Å². The van der Waals surface area contributed by atoms with Crippen molar-refractivity contribution in [3.05, 3.63) is 35.9 Å². The van der Waals surface area contributed by atoms with E-state index in [2.05, 4.69) is 4.74 Å². The number of ether oxygens (including phenoxy) is 1. The van der Waals surface area contributed by atoms with Gasteiger partial charge < -0.3 is 4.74 Å². The van der Waals surface area contributed by atoms with Crippen LogP contribution in [0.2, 0.25) is 0 Å². The van der Waals surface area contributed by atoms with E-state index in [4.69, 9.17) is 0 Å². The highest BCUT2D eigenvalue weighted by Gasteiger charge is 2.40. The number of carbonyl (C=O) groups excluding carboxylic acids is 1. The van der Waals surface area contributed by atoms with Gasteiger partial charge in [-0.3, -0.25) is 4.79 Å². The second-order valence-electron chi connectivity index (χ2n) is 4.42. The zero-order valence-corrected chi connectivity index (χ0v) is 9.61. The molecule has 0 bridgehead atoms. The Morgan fingerprint density at radius 1 is 1.22 bits per heavy atom. The lowest BCUT2D eigenvalue weighted by molar-refractivity contribution is -0.191. The van der Waals surface area contributed by atoms with Crippen molar-refractivity contribution in [1.82, 2.24) is 0 Å². The van der Waals surface area contributed by atoms with Gasteiger partial charge in [-0.25, -0.2) is 0 Å². The summed E-state index contributed by atoms with van der Waals surface area (Å²) in [6.07, 6.45) is -3.05. The topological polar surface area (TPSA) is 26.3 Å². The van der Waals surface area contributed by atoms with E-state index in [1.165, 1.54) is 0 Å². The van der Waals surface area contributed by atoms with Crippen LogP contribution in [0.25, 0.3) is 0 Å². The summed E-state index contributed by atoms with van der Waals surface area (Å²) >= 11 is 0. The maximum Gasteiger partial charge on any atom is 0.422 e. The first kappa shape index (κ1) is 12.9. The second-order valence-corrected chi connectivity index (χ2v) is 4.42. The number of benzene rings is 1. The first-order valence-electron chi connectivity index (χ1n) is 5.76. The standard InChI is InChI=1S/C13H13F3O2/c14-13(15,16)8-18-12(17)11-7-6-10(11)9-4-2-1-3-5-9/h1-5,10-11H,6-8H2. The average Bonchev–Trinajstić information content (AvgIpc) is 2.25. The van der Waals surface area contributed by atoms with E-state index in [1.807, 2.05) is 30.3 Å². The van der Waals surface area contributed by atoms with Gasteiger partial charge in [0.05, 0.1) is 5.92 Å². The van der Waals surface area contributed by atoms with Gasteiger partial charge in [0.25, 0.3) is 0 Å². The Morgan fingerprint density at radius 2 is 1.89 bits per heavy atom. The third-order valence-electron chi connectivity index (χ3n) is 3.18. The average molecular weight is 258 g/mol. The molecule has 0 amide bonds. The fraction of sp³-hybridized carbons (Fsp3) is 0.462. The fourth-order valence-corrected chi connectivity index (χ4v) is 2.14. The molecule has 1 fully saturated rings. The Balaban J connectivity index is 1.92. The smallest absolute Gasteiger partial charge is 0.422 e. The minimum Gasteiger partial charge on any atom is -0.456 e. The second kappa shape index (κ2) is 5.00. The largest absolute Gasteiger partial charge is 0.456 e. The molecule has 0 aliphatic heterocycles. The molecule has 5 heteroatoms. The third kappa shape index (κ3) is 3.03. The highest BCUT2D eigenvalue weighted by molar-refractivity contribution is 5.75. The van der Waals surface area contributed by atoms with Crippen molar-refractivity contribution in [3.8, 4) is 0 Å². The van der Waals surface area contributed by atoms with E-state index in [0.717, 1.165) is 12.0 Å². The molecule has 1 aromatic carbocycles. The molecule has 2 atom stereocenters. The molecule has 0 aromatic heterocycles. The molecule has 2 rings (SSSR count). The van der Waals surface area contributed by atoms with E-state index in [9.17, 15) is 18.0 Å². The molecule has 2 unspecified atom stereocenters. The van der Waals surface area contributed by atoms with Crippen LogP contribution in [-0.2, 0) is 9.53 Å². The Hall–Kier alpha value is -1.52. The molecular formula is C13H13F3O2. The van der Waals surface area contributed by atoms with Crippen LogP contribution in [0.15, 0.2) is 30.3 Å². The van der Waals surface area contributed by atoms with Crippen molar-refractivity contribution in [1.29, 1.82) is 0 Å². The van der Waals surface area contributed by atoms with Crippen molar-refractivity contribution in [2.24, 2.45) is 5.92 Å². The van der Waals surface area contributed by atoms with Gasteiger partial charge in [0.1, 0.15) is 0 Å². The highest BCUT2D eigenvalue weighted by Crippen LogP contribution is 2.43. The molecule has 18 heavy (non-hydrogen) atoms. The van der Waals surface area contributed by atoms with E-state index < -0.39 is 24.7 Å². The fourth-order valence-electron chi connectivity index (χ4n) is 2.14. The molecule has 0 N–H and O–H groups in total. The van der Waals surface area contributed by atoms with Crippen molar-refractivity contribution in [2.45, 2.75) is 24.9 Å². The minimum absolute atomic E-state index is 0.00747. The molecule has 1 saturated carbocycles. The lowest BCUT2D eigenvalue weighted by Gasteiger charge is -2.35. The van der Waals surface area contributed by atoms with Crippen LogP contribution in [0.1, 0.15) is 24.3 Å². The Labute approximate surface area is 103 Å². The van der Waals surface area contributed by atoms with Crippen LogP contribution in [0.5, 0.6) is 0 Å². The SMILES string of the molecule is O=C(OCC(F)(F)F)C1CCC1c1ccccc1. The van der Waals surface area contributed by atoms with Gasteiger partial charge in [-0.15, -0.1) is 0 Å². The first-order valence-corrected chi connectivity index (χ1v) is 5.76. The van der Waals surface area contributed by atoms with Gasteiger partial charge >= 0.3 is 12.1 Å². The predicted octanol–water partition coefficient (Wildman–Crippen LogP) is 3.29. The van der Waals surface area contributed by atoms with Crippen LogP contribution >= 0.6 is 0 Å². The number of esters is 1. The number of rotatable bonds is 3. The Kier molecular flexibility index (Phi) is 3.59. The maximum absolute atomic E-state index is 11.9. The lowest BCUT2D eigenvalue weighted by atomic mass is 9.70.